The Kier molecular flexibility index (Phi) is 7.19. The molecule has 0 aromatic carbocycles. The predicted molar refractivity (Wildman–Crippen MR) is 81.0 cm³/mol. The van der Waals surface area contributed by atoms with E-state index >= 15 is 0 Å². The molecule has 0 spiro atoms. The SMILES string of the molecule is CCOCc1nc(Cl)cc(NCC(C)(C)CCCO)n1. The first-order valence-corrected chi connectivity index (χ1v) is 7.30. The lowest BCUT2D eigenvalue weighted by Crippen LogP contribution is -2.24. The van der Waals surface area contributed by atoms with Crippen LogP contribution >= 0.6 is 11.6 Å². The minimum absolute atomic E-state index is 0.0836. The molecule has 0 amide bonds. The molecule has 1 aromatic rings. The number of aromatic nitrogens is 2. The topological polar surface area (TPSA) is 67.3 Å². The van der Waals surface area contributed by atoms with Crippen LogP contribution in [0.5, 0.6) is 0 Å². The summed E-state index contributed by atoms with van der Waals surface area (Å²) in [5, 5.41) is 12.6. The van der Waals surface area contributed by atoms with Gasteiger partial charge in [0.2, 0.25) is 0 Å². The molecule has 0 saturated heterocycles. The van der Waals surface area contributed by atoms with E-state index in [0.717, 1.165) is 19.4 Å². The summed E-state index contributed by atoms with van der Waals surface area (Å²) < 4.78 is 5.29. The maximum absolute atomic E-state index is 8.90. The average molecular weight is 302 g/mol. The molecule has 0 aliphatic rings. The van der Waals surface area contributed by atoms with Crippen LogP contribution in [0.1, 0.15) is 39.4 Å². The quantitative estimate of drug-likeness (QED) is 0.687. The van der Waals surface area contributed by atoms with E-state index < -0.39 is 0 Å². The summed E-state index contributed by atoms with van der Waals surface area (Å²) in [6.07, 6.45) is 1.75. The third-order valence-electron chi connectivity index (χ3n) is 2.94. The molecule has 0 aliphatic carbocycles. The summed E-state index contributed by atoms with van der Waals surface area (Å²) in [4.78, 5) is 8.50. The van der Waals surface area contributed by atoms with E-state index in [4.69, 9.17) is 21.4 Å². The van der Waals surface area contributed by atoms with Gasteiger partial charge in [-0.1, -0.05) is 25.4 Å². The number of nitrogens with one attached hydrogen (secondary N) is 1. The van der Waals surface area contributed by atoms with Crippen LogP contribution in [0.4, 0.5) is 5.82 Å². The van der Waals surface area contributed by atoms with E-state index in [0.29, 0.717) is 30.0 Å². The third-order valence-corrected chi connectivity index (χ3v) is 3.13. The highest BCUT2D eigenvalue weighted by Crippen LogP contribution is 2.23. The lowest BCUT2D eigenvalue weighted by molar-refractivity contribution is 0.128. The number of ether oxygens (including phenoxy) is 1. The van der Waals surface area contributed by atoms with Gasteiger partial charge in [0.15, 0.2) is 5.82 Å². The van der Waals surface area contributed by atoms with Gasteiger partial charge in [-0.15, -0.1) is 0 Å². The minimum Gasteiger partial charge on any atom is -0.396 e. The number of hydrogen-bond acceptors (Lipinski definition) is 5. The molecular formula is C14H24ClN3O2. The summed E-state index contributed by atoms with van der Waals surface area (Å²) in [6, 6.07) is 1.71. The zero-order chi connectivity index (χ0) is 15.0. The van der Waals surface area contributed by atoms with E-state index in [1.165, 1.54) is 0 Å². The zero-order valence-electron chi connectivity index (χ0n) is 12.4. The van der Waals surface area contributed by atoms with Crippen molar-refractivity contribution in [2.75, 3.05) is 25.1 Å². The molecule has 0 fully saturated rings. The third kappa shape index (κ3) is 6.50. The molecule has 1 heterocycles. The van der Waals surface area contributed by atoms with Crippen molar-refractivity contribution >= 4 is 17.4 Å². The smallest absolute Gasteiger partial charge is 0.158 e. The number of hydrogen-bond donors (Lipinski definition) is 2. The van der Waals surface area contributed by atoms with Crippen LogP contribution in [0.2, 0.25) is 5.15 Å². The van der Waals surface area contributed by atoms with Gasteiger partial charge in [-0.25, -0.2) is 9.97 Å². The average Bonchev–Trinajstić information content (AvgIpc) is 2.40. The Balaban J connectivity index is 2.60. The van der Waals surface area contributed by atoms with Gasteiger partial charge in [-0.2, -0.15) is 0 Å². The summed E-state index contributed by atoms with van der Waals surface area (Å²) in [5.74, 6) is 1.28. The minimum atomic E-state index is 0.0836. The van der Waals surface area contributed by atoms with Crippen molar-refractivity contribution in [2.24, 2.45) is 5.41 Å². The van der Waals surface area contributed by atoms with Crippen LogP contribution in [0.25, 0.3) is 0 Å². The molecule has 0 atom stereocenters. The van der Waals surface area contributed by atoms with Gasteiger partial charge in [0.05, 0.1) is 0 Å². The first kappa shape index (κ1) is 17.1. The van der Waals surface area contributed by atoms with Crippen LogP contribution in [0, 0.1) is 5.41 Å². The summed E-state index contributed by atoms with van der Waals surface area (Å²) >= 11 is 5.98. The van der Waals surface area contributed by atoms with Crippen molar-refractivity contribution < 1.29 is 9.84 Å². The van der Waals surface area contributed by atoms with Crippen molar-refractivity contribution in [3.8, 4) is 0 Å². The summed E-state index contributed by atoms with van der Waals surface area (Å²) in [7, 11) is 0. The van der Waals surface area contributed by atoms with Gasteiger partial charge in [0, 0.05) is 25.8 Å². The highest BCUT2D eigenvalue weighted by molar-refractivity contribution is 6.29. The van der Waals surface area contributed by atoms with Gasteiger partial charge in [-0.3, -0.25) is 0 Å². The Hall–Kier alpha value is -0.910. The lowest BCUT2D eigenvalue weighted by atomic mass is 9.88. The fourth-order valence-electron chi connectivity index (χ4n) is 1.79. The van der Waals surface area contributed by atoms with Crippen LogP contribution in [0.15, 0.2) is 6.07 Å². The van der Waals surface area contributed by atoms with Crippen molar-refractivity contribution in [3.63, 3.8) is 0 Å². The maximum atomic E-state index is 8.90. The number of rotatable bonds is 9. The number of aliphatic hydroxyl groups excluding tert-OH is 1. The molecule has 0 saturated carbocycles. The van der Waals surface area contributed by atoms with Crippen LogP contribution in [0.3, 0.4) is 0 Å². The standard InChI is InChI=1S/C14H24ClN3O2/c1-4-20-9-13-17-11(15)8-12(18-13)16-10-14(2,3)6-5-7-19/h8,19H,4-7,9-10H2,1-3H3,(H,16,17,18). The van der Waals surface area contributed by atoms with E-state index in [9.17, 15) is 0 Å². The number of halogens is 1. The molecule has 0 radical (unpaired) electrons. The molecule has 1 rings (SSSR count). The fraction of sp³-hybridized carbons (Fsp3) is 0.714. The second-order valence-electron chi connectivity index (χ2n) is 5.47. The Morgan fingerprint density at radius 3 is 2.80 bits per heavy atom. The highest BCUT2D eigenvalue weighted by Gasteiger charge is 2.17. The fourth-order valence-corrected chi connectivity index (χ4v) is 1.99. The first-order chi connectivity index (χ1) is 9.46. The molecule has 0 aliphatic heterocycles. The second-order valence-corrected chi connectivity index (χ2v) is 5.86. The van der Waals surface area contributed by atoms with Gasteiger partial charge in [0.1, 0.15) is 17.6 Å². The molecule has 0 bridgehead atoms. The first-order valence-electron chi connectivity index (χ1n) is 6.93. The lowest BCUT2D eigenvalue weighted by Gasteiger charge is -2.25. The number of anilines is 1. The normalized spacial score (nSPS) is 11.7. The van der Waals surface area contributed by atoms with Crippen LogP contribution < -0.4 is 5.32 Å². The van der Waals surface area contributed by atoms with E-state index in [1.807, 2.05) is 6.92 Å². The zero-order valence-corrected chi connectivity index (χ0v) is 13.2. The molecule has 2 N–H and O–H groups in total. The molecule has 6 heteroatoms. The summed E-state index contributed by atoms with van der Waals surface area (Å²) in [5.41, 5.74) is 0.0836. The maximum Gasteiger partial charge on any atom is 0.158 e. The van der Waals surface area contributed by atoms with Crippen molar-refractivity contribution in [3.05, 3.63) is 17.0 Å². The largest absolute Gasteiger partial charge is 0.396 e. The van der Waals surface area contributed by atoms with Crippen LogP contribution in [-0.4, -0.2) is 34.8 Å². The van der Waals surface area contributed by atoms with E-state index in [-0.39, 0.29) is 12.0 Å². The predicted octanol–water partition coefficient (Wildman–Crippen LogP) is 2.88. The van der Waals surface area contributed by atoms with Crippen molar-refractivity contribution in [1.29, 1.82) is 0 Å². The van der Waals surface area contributed by atoms with Crippen LogP contribution in [-0.2, 0) is 11.3 Å². The second kappa shape index (κ2) is 8.39. The van der Waals surface area contributed by atoms with Gasteiger partial charge < -0.3 is 15.2 Å². The Bertz CT molecular complexity index is 413. The number of nitrogens with zero attached hydrogens (tertiary/aromatic N) is 2. The Labute approximate surface area is 125 Å². The van der Waals surface area contributed by atoms with Crippen molar-refractivity contribution in [2.45, 2.75) is 40.2 Å². The van der Waals surface area contributed by atoms with E-state index in [2.05, 4.69) is 29.1 Å². The Morgan fingerprint density at radius 1 is 1.40 bits per heavy atom. The molecule has 0 unspecified atom stereocenters. The van der Waals surface area contributed by atoms with Gasteiger partial charge >= 0.3 is 0 Å². The summed E-state index contributed by atoms with van der Waals surface area (Å²) in [6.45, 7) is 8.19. The molecule has 20 heavy (non-hydrogen) atoms. The van der Waals surface area contributed by atoms with Gasteiger partial charge in [-0.05, 0) is 25.2 Å². The monoisotopic (exact) mass is 301 g/mol. The van der Waals surface area contributed by atoms with E-state index in [1.54, 1.807) is 6.07 Å². The molecule has 5 nitrogen and oxygen atoms in total. The van der Waals surface area contributed by atoms with Gasteiger partial charge in [0.25, 0.3) is 0 Å². The molecule has 1 aromatic heterocycles. The highest BCUT2D eigenvalue weighted by atomic mass is 35.5. The number of aliphatic hydroxyl groups is 1. The molecular weight excluding hydrogens is 278 g/mol. The Morgan fingerprint density at radius 2 is 2.15 bits per heavy atom. The van der Waals surface area contributed by atoms with Crippen molar-refractivity contribution in [1.82, 2.24) is 9.97 Å². The molecule has 114 valence electrons.